The van der Waals surface area contributed by atoms with Gasteiger partial charge in [0.15, 0.2) is 0 Å². The Kier molecular flexibility index (Phi) is 1.68. The molecule has 1 saturated heterocycles. The quantitative estimate of drug-likeness (QED) is 0.551. The minimum absolute atomic E-state index is 0.895. The first-order chi connectivity index (χ1) is 4.47. The van der Waals surface area contributed by atoms with Crippen LogP contribution in [-0.2, 0) is 0 Å². The molecule has 0 aromatic rings. The van der Waals surface area contributed by atoms with E-state index in [2.05, 4.69) is 17.1 Å². The van der Waals surface area contributed by atoms with Crippen LogP contribution in [0.25, 0.3) is 0 Å². The van der Waals surface area contributed by atoms with Crippen LogP contribution in [0.15, 0.2) is 0 Å². The molecule has 0 amide bonds. The molecule has 2 atom stereocenters. The van der Waals surface area contributed by atoms with Crippen molar-refractivity contribution in [3.63, 3.8) is 0 Å². The standard InChI is InChI=1S/C7H13NS/c1-2-6-4-9-5-8-7(6)3-1/h6-8H,1-5H2. The lowest BCUT2D eigenvalue weighted by molar-refractivity contribution is 0.446. The molecule has 0 aromatic heterocycles. The Morgan fingerprint density at radius 2 is 2.33 bits per heavy atom. The van der Waals surface area contributed by atoms with Gasteiger partial charge in [0.25, 0.3) is 0 Å². The molecule has 0 bridgehead atoms. The highest BCUT2D eigenvalue weighted by atomic mass is 32.2. The van der Waals surface area contributed by atoms with Crippen LogP contribution in [0, 0.1) is 5.92 Å². The molecule has 2 heteroatoms. The molecule has 2 aliphatic rings. The van der Waals surface area contributed by atoms with Crippen molar-refractivity contribution in [1.29, 1.82) is 0 Å². The van der Waals surface area contributed by atoms with Crippen LogP contribution in [-0.4, -0.2) is 17.7 Å². The maximum atomic E-state index is 3.54. The van der Waals surface area contributed by atoms with Crippen LogP contribution >= 0.6 is 11.8 Å². The summed E-state index contributed by atoms with van der Waals surface area (Å²) in [6, 6.07) is 0.895. The predicted octanol–water partition coefficient (Wildman–Crippen LogP) is 1.45. The van der Waals surface area contributed by atoms with Crippen molar-refractivity contribution in [2.45, 2.75) is 25.3 Å². The van der Waals surface area contributed by atoms with Crippen LogP contribution < -0.4 is 5.32 Å². The summed E-state index contributed by atoms with van der Waals surface area (Å²) < 4.78 is 0. The van der Waals surface area contributed by atoms with Gasteiger partial charge in [-0.3, -0.25) is 0 Å². The molecule has 1 aliphatic heterocycles. The van der Waals surface area contributed by atoms with Gasteiger partial charge in [-0.05, 0) is 24.5 Å². The Morgan fingerprint density at radius 3 is 3.22 bits per heavy atom. The van der Waals surface area contributed by atoms with Gasteiger partial charge in [-0.1, -0.05) is 6.42 Å². The third-order valence-electron chi connectivity index (χ3n) is 2.44. The van der Waals surface area contributed by atoms with E-state index in [1.807, 2.05) is 0 Å². The molecule has 0 radical (unpaired) electrons. The van der Waals surface area contributed by atoms with Gasteiger partial charge in [0, 0.05) is 11.9 Å². The highest BCUT2D eigenvalue weighted by molar-refractivity contribution is 7.99. The molecule has 2 fully saturated rings. The largest absolute Gasteiger partial charge is 0.305 e. The maximum absolute atomic E-state index is 3.54. The first kappa shape index (κ1) is 6.05. The van der Waals surface area contributed by atoms with Crippen molar-refractivity contribution in [2.24, 2.45) is 5.92 Å². The predicted molar refractivity (Wildman–Crippen MR) is 41.6 cm³/mol. The maximum Gasteiger partial charge on any atom is 0.0420 e. The van der Waals surface area contributed by atoms with Gasteiger partial charge in [-0.15, -0.1) is 11.8 Å². The van der Waals surface area contributed by atoms with E-state index in [0.29, 0.717) is 0 Å². The molecular weight excluding hydrogens is 130 g/mol. The van der Waals surface area contributed by atoms with Gasteiger partial charge in [0.05, 0.1) is 0 Å². The van der Waals surface area contributed by atoms with E-state index in [9.17, 15) is 0 Å². The minimum atomic E-state index is 0.895. The minimum Gasteiger partial charge on any atom is -0.305 e. The van der Waals surface area contributed by atoms with E-state index in [-0.39, 0.29) is 0 Å². The zero-order valence-corrected chi connectivity index (χ0v) is 6.41. The summed E-state index contributed by atoms with van der Waals surface area (Å²) in [5, 5.41) is 3.54. The third-order valence-corrected chi connectivity index (χ3v) is 3.47. The van der Waals surface area contributed by atoms with Gasteiger partial charge in [0.1, 0.15) is 0 Å². The number of fused-ring (bicyclic) bond motifs is 1. The van der Waals surface area contributed by atoms with E-state index < -0.39 is 0 Å². The van der Waals surface area contributed by atoms with Gasteiger partial charge < -0.3 is 5.32 Å². The number of hydrogen-bond acceptors (Lipinski definition) is 2. The summed E-state index contributed by atoms with van der Waals surface area (Å²) in [7, 11) is 0. The number of rotatable bonds is 0. The van der Waals surface area contributed by atoms with Gasteiger partial charge in [-0.2, -0.15) is 0 Å². The van der Waals surface area contributed by atoms with Crippen LogP contribution in [0.3, 0.4) is 0 Å². The molecule has 1 N–H and O–H groups in total. The third kappa shape index (κ3) is 1.10. The molecule has 1 aliphatic carbocycles. The summed E-state index contributed by atoms with van der Waals surface area (Å²) >= 11 is 2.06. The SMILES string of the molecule is C1CC2CSCNC2C1. The fourth-order valence-corrected chi connectivity index (χ4v) is 3.03. The van der Waals surface area contributed by atoms with E-state index >= 15 is 0 Å². The van der Waals surface area contributed by atoms with Gasteiger partial charge >= 0.3 is 0 Å². The van der Waals surface area contributed by atoms with E-state index in [4.69, 9.17) is 0 Å². The molecule has 52 valence electrons. The normalized spacial score (nSPS) is 42.7. The van der Waals surface area contributed by atoms with Crippen LogP contribution in [0.5, 0.6) is 0 Å². The van der Waals surface area contributed by atoms with E-state index in [1.165, 1.54) is 30.9 Å². The lowest BCUT2D eigenvalue weighted by Gasteiger charge is -2.25. The summed E-state index contributed by atoms with van der Waals surface area (Å²) in [6.07, 6.45) is 4.37. The monoisotopic (exact) mass is 143 g/mol. The molecule has 9 heavy (non-hydrogen) atoms. The topological polar surface area (TPSA) is 12.0 Å². The number of nitrogens with one attached hydrogen (secondary N) is 1. The highest BCUT2D eigenvalue weighted by Gasteiger charge is 2.28. The van der Waals surface area contributed by atoms with Crippen LogP contribution in [0.4, 0.5) is 0 Å². The zero-order chi connectivity index (χ0) is 6.10. The molecule has 1 nitrogen and oxygen atoms in total. The fraction of sp³-hybridized carbons (Fsp3) is 1.00. The summed E-state index contributed by atoms with van der Waals surface area (Å²) in [5.74, 6) is 3.63. The Balaban J connectivity index is 1.97. The lowest BCUT2D eigenvalue weighted by Crippen LogP contribution is -2.37. The summed E-state index contributed by atoms with van der Waals surface area (Å²) in [6.45, 7) is 0. The lowest BCUT2D eigenvalue weighted by atomic mass is 10.1. The van der Waals surface area contributed by atoms with E-state index in [1.54, 1.807) is 0 Å². The fourth-order valence-electron chi connectivity index (χ4n) is 1.88. The van der Waals surface area contributed by atoms with Crippen molar-refractivity contribution in [1.82, 2.24) is 5.32 Å². The smallest absolute Gasteiger partial charge is 0.0420 e. The molecule has 2 rings (SSSR count). The van der Waals surface area contributed by atoms with Crippen molar-refractivity contribution in [2.75, 3.05) is 11.6 Å². The average molecular weight is 143 g/mol. The molecule has 2 unspecified atom stereocenters. The summed E-state index contributed by atoms with van der Waals surface area (Å²) in [5.41, 5.74) is 0. The Labute approximate surface area is 60.6 Å². The van der Waals surface area contributed by atoms with Crippen molar-refractivity contribution >= 4 is 11.8 Å². The molecule has 0 aromatic carbocycles. The Morgan fingerprint density at radius 1 is 1.33 bits per heavy atom. The van der Waals surface area contributed by atoms with Crippen LogP contribution in [0.1, 0.15) is 19.3 Å². The number of thioether (sulfide) groups is 1. The second kappa shape index (κ2) is 2.51. The van der Waals surface area contributed by atoms with Crippen LogP contribution in [0.2, 0.25) is 0 Å². The molecule has 1 saturated carbocycles. The van der Waals surface area contributed by atoms with Gasteiger partial charge in [-0.25, -0.2) is 0 Å². The van der Waals surface area contributed by atoms with Crippen molar-refractivity contribution in [3.8, 4) is 0 Å². The second-order valence-electron chi connectivity index (χ2n) is 3.02. The average Bonchev–Trinajstić information content (AvgIpc) is 2.33. The second-order valence-corrected chi connectivity index (χ2v) is 4.05. The van der Waals surface area contributed by atoms with Gasteiger partial charge in [0.2, 0.25) is 0 Å². The highest BCUT2D eigenvalue weighted by Crippen LogP contribution is 2.31. The zero-order valence-electron chi connectivity index (χ0n) is 5.60. The Hall–Kier alpha value is 0.310. The number of hydrogen-bond donors (Lipinski definition) is 1. The van der Waals surface area contributed by atoms with Crippen molar-refractivity contribution < 1.29 is 0 Å². The first-order valence-corrected chi connectivity index (χ1v) is 4.93. The summed E-state index contributed by atoms with van der Waals surface area (Å²) in [4.78, 5) is 0. The van der Waals surface area contributed by atoms with E-state index in [0.717, 1.165) is 12.0 Å². The Bertz CT molecular complexity index is 93.1. The molecule has 1 heterocycles. The molecular formula is C7H13NS. The molecule has 0 spiro atoms. The van der Waals surface area contributed by atoms with Crippen molar-refractivity contribution in [3.05, 3.63) is 0 Å². The first-order valence-electron chi connectivity index (χ1n) is 3.78.